The van der Waals surface area contributed by atoms with Crippen LogP contribution in [-0.2, 0) is 9.53 Å². The van der Waals surface area contributed by atoms with Crippen LogP contribution in [0.15, 0.2) is 0 Å². The largest absolute Gasteiger partial charge is 0.444 e. The van der Waals surface area contributed by atoms with E-state index in [1.54, 1.807) is 4.90 Å². The first kappa shape index (κ1) is 15.1. The zero-order valence-corrected chi connectivity index (χ0v) is 13.0. The molecule has 0 aromatic rings. The summed E-state index contributed by atoms with van der Waals surface area (Å²) in [4.78, 5) is 27.7. The number of likely N-dealkylation sites (tertiary alicyclic amines) is 2. The van der Waals surface area contributed by atoms with Crippen LogP contribution in [0.25, 0.3) is 0 Å². The van der Waals surface area contributed by atoms with Crippen LogP contribution in [0.5, 0.6) is 0 Å². The maximum atomic E-state index is 12.1. The Kier molecular flexibility index (Phi) is 4.25. The highest BCUT2D eigenvalue weighted by Crippen LogP contribution is 2.26. The molecule has 0 aromatic heterocycles. The van der Waals surface area contributed by atoms with Crippen LogP contribution in [0.2, 0.25) is 0 Å². The normalized spacial score (nSPS) is 27.9. The van der Waals surface area contributed by atoms with E-state index in [1.807, 2.05) is 32.6 Å². The lowest BCUT2D eigenvalue weighted by molar-refractivity contribution is -0.130. The average Bonchev–Trinajstić information content (AvgIpc) is 2.72. The molecule has 2 heterocycles. The van der Waals surface area contributed by atoms with E-state index in [1.165, 1.54) is 0 Å². The van der Waals surface area contributed by atoms with E-state index in [9.17, 15) is 9.59 Å². The quantitative estimate of drug-likeness (QED) is 0.742. The summed E-state index contributed by atoms with van der Waals surface area (Å²) >= 11 is 0. The first-order valence-corrected chi connectivity index (χ1v) is 7.57. The van der Waals surface area contributed by atoms with Gasteiger partial charge in [0.2, 0.25) is 5.91 Å². The molecule has 114 valence electrons. The van der Waals surface area contributed by atoms with E-state index in [0.717, 1.165) is 25.8 Å². The molecule has 5 nitrogen and oxygen atoms in total. The molecule has 20 heavy (non-hydrogen) atoms. The van der Waals surface area contributed by atoms with E-state index < -0.39 is 5.60 Å². The monoisotopic (exact) mass is 282 g/mol. The second kappa shape index (κ2) is 5.62. The first-order valence-electron chi connectivity index (χ1n) is 7.57. The van der Waals surface area contributed by atoms with Crippen LogP contribution >= 0.6 is 0 Å². The first-order chi connectivity index (χ1) is 9.28. The Hall–Kier alpha value is -1.26. The number of nitrogens with zero attached hydrogens (tertiary/aromatic N) is 2. The van der Waals surface area contributed by atoms with Gasteiger partial charge in [0, 0.05) is 31.6 Å². The number of hydrogen-bond acceptors (Lipinski definition) is 3. The molecule has 2 unspecified atom stereocenters. The highest BCUT2D eigenvalue weighted by Gasteiger charge is 2.36. The topological polar surface area (TPSA) is 49.9 Å². The van der Waals surface area contributed by atoms with Crippen LogP contribution in [0.1, 0.15) is 53.4 Å². The summed E-state index contributed by atoms with van der Waals surface area (Å²) in [7, 11) is 0. The van der Waals surface area contributed by atoms with E-state index in [2.05, 4.69) is 0 Å². The number of carbonyl (C=O) groups is 2. The predicted molar refractivity (Wildman–Crippen MR) is 76.4 cm³/mol. The predicted octanol–water partition coefficient (Wildman–Crippen LogP) is 2.40. The molecular formula is C15H26N2O3. The van der Waals surface area contributed by atoms with Gasteiger partial charge in [-0.3, -0.25) is 4.79 Å². The fourth-order valence-electron chi connectivity index (χ4n) is 3.08. The number of carbonyl (C=O) groups excluding carboxylic acids is 2. The van der Waals surface area contributed by atoms with Gasteiger partial charge >= 0.3 is 6.09 Å². The molecule has 0 saturated carbocycles. The number of piperidine rings is 1. The van der Waals surface area contributed by atoms with E-state index in [0.29, 0.717) is 19.0 Å². The standard InChI is InChI=1S/C15H26N2O3/c1-11-10-12(17-8-5-6-13(17)18)7-9-16(11)14(19)20-15(2,3)4/h11-12H,5-10H2,1-4H3. The molecule has 0 bridgehead atoms. The Morgan fingerprint density at radius 2 is 2.00 bits per heavy atom. The van der Waals surface area contributed by atoms with Crippen LogP contribution < -0.4 is 0 Å². The van der Waals surface area contributed by atoms with Crippen molar-refractivity contribution in [3.8, 4) is 0 Å². The Morgan fingerprint density at radius 3 is 2.50 bits per heavy atom. The lowest BCUT2D eigenvalue weighted by atomic mass is 9.97. The second-order valence-electron chi connectivity index (χ2n) is 6.89. The van der Waals surface area contributed by atoms with Crippen LogP contribution in [-0.4, -0.2) is 52.6 Å². The molecule has 2 aliphatic rings. The molecule has 0 aromatic carbocycles. The van der Waals surface area contributed by atoms with Crippen molar-refractivity contribution in [1.29, 1.82) is 0 Å². The van der Waals surface area contributed by atoms with Gasteiger partial charge in [0.15, 0.2) is 0 Å². The third kappa shape index (κ3) is 3.44. The average molecular weight is 282 g/mol. The maximum absolute atomic E-state index is 12.1. The molecule has 5 heteroatoms. The van der Waals surface area contributed by atoms with E-state index in [4.69, 9.17) is 4.74 Å². The van der Waals surface area contributed by atoms with Gasteiger partial charge < -0.3 is 14.5 Å². The maximum Gasteiger partial charge on any atom is 0.410 e. The highest BCUT2D eigenvalue weighted by atomic mass is 16.6. The third-order valence-corrected chi connectivity index (χ3v) is 4.03. The van der Waals surface area contributed by atoms with Gasteiger partial charge in [-0.05, 0) is 47.0 Å². The van der Waals surface area contributed by atoms with Crippen molar-refractivity contribution >= 4 is 12.0 Å². The summed E-state index contributed by atoms with van der Waals surface area (Å²) < 4.78 is 5.44. The minimum atomic E-state index is -0.460. The van der Waals surface area contributed by atoms with Crippen molar-refractivity contribution in [2.24, 2.45) is 0 Å². The molecule has 2 aliphatic heterocycles. The Labute approximate surface area is 121 Å². The van der Waals surface area contributed by atoms with Gasteiger partial charge in [0.05, 0.1) is 0 Å². The number of amides is 2. The van der Waals surface area contributed by atoms with Crippen molar-refractivity contribution in [1.82, 2.24) is 9.80 Å². The Balaban J connectivity index is 1.92. The molecule has 2 rings (SSSR count). The third-order valence-electron chi connectivity index (χ3n) is 4.03. The summed E-state index contributed by atoms with van der Waals surface area (Å²) in [6, 6.07) is 0.413. The fourth-order valence-corrected chi connectivity index (χ4v) is 3.08. The zero-order valence-electron chi connectivity index (χ0n) is 13.0. The van der Waals surface area contributed by atoms with E-state index in [-0.39, 0.29) is 18.0 Å². The van der Waals surface area contributed by atoms with Crippen LogP contribution in [0.3, 0.4) is 0 Å². The molecular weight excluding hydrogens is 256 g/mol. The molecule has 2 amide bonds. The van der Waals surface area contributed by atoms with Gasteiger partial charge in [-0.2, -0.15) is 0 Å². The van der Waals surface area contributed by atoms with Crippen LogP contribution in [0.4, 0.5) is 4.79 Å². The second-order valence-corrected chi connectivity index (χ2v) is 6.89. The Morgan fingerprint density at radius 1 is 1.30 bits per heavy atom. The number of ether oxygens (including phenoxy) is 1. The van der Waals surface area contributed by atoms with Crippen molar-refractivity contribution in [3.63, 3.8) is 0 Å². The van der Waals surface area contributed by atoms with Crippen molar-refractivity contribution in [2.75, 3.05) is 13.1 Å². The van der Waals surface area contributed by atoms with Crippen molar-refractivity contribution in [2.45, 2.75) is 71.1 Å². The number of hydrogen-bond donors (Lipinski definition) is 0. The molecule has 2 atom stereocenters. The minimum Gasteiger partial charge on any atom is -0.444 e. The zero-order chi connectivity index (χ0) is 14.9. The summed E-state index contributed by atoms with van der Waals surface area (Å²) in [5.41, 5.74) is -0.460. The van der Waals surface area contributed by atoms with E-state index >= 15 is 0 Å². The number of rotatable bonds is 1. The molecule has 0 spiro atoms. The highest BCUT2D eigenvalue weighted by molar-refractivity contribution is 5.78. The van der Waals surface area contributed by atoms with Gasteiger partial charge in [0.1, 0.15) is 5.60 Å². The van der Waals surface area contributed by atoms with Crippen LogP contribution in [0, 0.1) is 0 Å². The lowest BCUT2D eigenvalue weighted by Crippen LogP contribution is -2.52. The molecule has 2 fully saturated rings. The molecule has 2 saturated heterocycles. The summed E-state index contributed by atoms with van der Waals surface area (Å²) in [5.74, 6) is 0.271. The van der Waals surface area contributed by atoms with Gasteiger partial charge in [-0.15, -0.1) is 0 Å². The molecule has 0 aliphatic carbocycles. The van der Waals surface area contributed by atoms with Crippen molar-refractivity contribution in [3.05, 3.63) is 0 Å². The molecule has 0 N–H and O–H groups in total. The van der Waals surface area contributed by atoms with Crippen molar-refractivity contribution < 1.29 is 14.3 Å². The lowest BCUT2D eigenvalue weighted by Gasteiger charge is -2.41. The van der Waals surface area contributed by atoms with Gasteiger partial charge in [0.25, 0.3) is 0 Å². The smallest absolute Gasteiger partial charge is 0.410 e. The summed E-state index contributed by atoms with van der Waals surface area (Å²) in [6.07, 6.45) is 3.12. The fraction of sp³-hybridized carbons (Fsp3) is 0.867. The van der Waals surface area contributed by atoms with Gasteiger partial charge in [-0.25, -0.2) is 4.79 Å². The SMILES string of the molecule is CC1CC(N2CCCC2=O)CCN1C(=O)OC(C)(C)C. The summed E-state index contributed by atoms with van der Waals surface area (Å²) in [6.45, 7) is 9.23. The molecule has 0 radical (unpaired) electrons. The summed E-state index contributed by atoms with van der Waals surface area (Å²) in [5, 5.41) is 0. The minimum absolute atomic E-state index is 0.122. The van der Waals surface area contributed by atoms with Gasteiger partial charge in [-0.1, -0.05) is 0 Å². The Bertz CT molecular complexity index is 389.